The summed E-state index contributed by atoms with van der Waals surface area (Å²) in [4.78, 5) is 13.9. The van der Waals surface area contributed by atoms with E-state index in [1.807, 2.05) is 0 Å². The Hall–Kier alpha value is -2.30. The standard InChI is InChI=1S/C12H8F3N5O2S2/c13-12(14,15)24-9-3-1-2-7(11(21)17-19-16)8(9)6-22-10-4-5-20(23)18-10/h1-5,23H,6H2. The van der Waals surface area contributed by atoms with Crippen molar-refractivity contribution >= 4 is 30.5 Å². The maximum atomic E-state index is 12.7. The average molecular weight is 375 g/mol. The van der Waals surface area contributed by atoms with Gasteiger partial charge in [0, 0.05) is 33.2 Å². The maximum absolute atomic E-state index is 12.7. The highest BCUT2D eigenvalue weighted by Gasteiger charge is 2.31. The summed E-state index contributed by atoms with van der Waals surface area (Å²) < 4.78 is 44.5. The van der Waals surface area contributed by atoms with Gasteiger partial charge in [-0.25, -0.2) is 4.09 Å². The lowest BCUT2D eigenvalue weighted by atomic mass is 10.1. The molecule has 1 aromatic carbocycles. The highest BCUT2D eigenvalue weighted by Crippen LogP contribution is 2.39. The molecule has 126 valence electrons. The van der Waals surface area contributed by atoms with E-state index >= 15 is 0 Å². The van der Waals surface area contributed by atoms with Crippen molar-refractivity contribution in [1.29, 1.82) is 0 Å². The molecule has 0 fully saturated rings. The molecule has 0 N–H and O–H groups in total. The zero-order chi connectivity index (χ0) is 17.7. The van der Waals surface area contributed by atoms with E-state index in [0.717, 1.165) is 4.09 Å². The van der Waals surface area contributed by atoms with Crippen LogP contribution >= 0.6 is 24.6 Å². The lowest BCUT2D eigenvalue weighted by Crippen LogP contribution is -2.09. The highest BCUT2D eigenvalue weighted by atomic mass is 32.2. The number of nitrogens with zero attached hydrogens (tertiary/aromatic N) is 5. The van der Waals surface area contributed by atoms with E-state index in [-0.39, 0.29) is 28.5 Å². The SMILES string of the molecule is [N-]=[N+]=NC(=O)c1cccc(SC(F)(F)F)c1COc1ccn(S)n1. The molecule has 0 aliphatic heterocycles. The largest absolute Gasteiger partial charge is 0.472 e. The van der Waals surface area contributed by atoms with Crippen molar-refractivity contribution in [1.82, 2.24) is 9.19 Å². The van der Waals surface area contributed by atoms with Gasteiger partial charge in [0.25, 0.3) is 0 Å². The lowest BCUT2D eigenvalue weighted by molar-refractivity contribution is -0.0328. The Morgan fingerprint density at radius 1 is 1.46 bits per heavy atom. The zero-order valence-electron chi connectivity index (χ0n) is 11.6. The fraction of sp³-hybridized carbons (Fsp3) is 0.167. The van der Waals surface area contributed by atoms with Crippen molar-refractivity contribution in [3.05, 3.63) is 52.0 Å². The van der Waals surface area contributed by atoms with Crippen LogP contribution in [-0.2, 0) is 6.61 Å². The van der Waals surface area contributed by atoms with Gasteiger partial charge in [0.05, 0.1) is 0 Å². The summed E-state index contributed by atoms with van der Waals surface area (Å²) in [6, 6.07) is 5.16. The number of thioether (sulfide) groups is 1. The number of alkyl halides is 3. The summed E-state index contributed by atoms with van der Waals surface area (Å²) in [5, 5.41) is 6.72. The van der Waals surface area contributed by atoms with Crippen LogP contribution in [0.2, 0.25) is 0 Å². The number of carbonyl (C=O) groups excluding carboxylic acids is 1. The molecular weight excluding hydrogens is 367 g/mol. The molecule has 2 rings (SSSR count). The van der Waals surface area contributed by atoms with Crippen molar-refractivity contribution in [3.8, 4) is 5.88 Å². The van der Waals surface area contributed by atoms with Crippen molar-refractivity contribution in [3.63, 3.8) is 0 Å². The number of aromatic nitrogens is 2. The van der Waals surface area contributed by atoms with Gasteiger partial charge in [-0.3, -0.25) is 4.79 Å². The molecule has 0 unspecified atom stereocenters. The van der Waals surface area contributed by atoms with Crippen molar-refractivity contribution in [2.75, 3.05) is 0 Å². The van der Waals surface area contributed by atoms with Crippen LogP contribution in [0.3, 0.4) is 0 Å². The number of thiol groups is 1. The third-order valence-electron chi connectivity index (χ3n) is 2.64. The minimum atomic E-state index is -4.55. The Balaban J connectivity index is 2.38. The van der Waals surface area contributed by atoms with Crippen molar-refractivity contribution < 1.29 is 22.7 Å². The molecule has 0 spiro atoms. The zero-order valence-corrected chi connectivity index (χ0v) is 13.3. The molecule has 0 bridgehead atoms. The number of amides is 1. The molecule has 0 atom stereocenters. The van der Waals surface area contributed by atoms with Crippen LogP contribution in [0.25, 0.3) is 10.4 Å². The number of carbonyl (C=O) groups is 1. The first-order chi connectivity index (χ1) is 11.3. The first-order valence-electron chi connectivity index (χ1n) is 6.15. The molecule has 0 saturated heterocycles. The van der Waals surface area contributed by atoms with Crippen molar-refractivity contribution in [2.24, 2.45) is 5.11 Å². The summed E-state index contributed by atoms with van der Waals surface area (Å²) in [6.45, 7) is -0.369. The van der Waals surface area contributed by atoms with Gasteiger partial charge in [-0.2, -0.15) is 13.2 Å². The topological polar surface area (TPSA) is 92.9 Å². The van der Waals surface area contributed by atoms with Gasteiger partial charge in [-0.15, -0.1) is 5.10 Å². The van der Waals surface area contributed by atoms with Gasteiger partial charge >= 0.3 is 5.51 Å². The van der Waals surface area contributed by atoms with E-state index in [9.17, 15) is 18.0 Å². The minimum Gasteiger partial charge on any atom is -0.472 e. The number of halogens is 3. The van der Waals surface area contributed by atoms with E-state index in [2.05, 4.69) is 27.9 Å². The Kier molecular flexibility index (Phi) is 5.65. The molecule has 1 heterocycles. The predicted octanol–water partition coefficient (Wildman–Crippen LogP) is 4.22. The van der Waals surface area contributed by atoms with E-state index in [4.69, 9.17) is 10.3 Å². The molecule has 0 aliphatic carbocycles. The van der Waals surface area contributed by atoms with Crippen LogP contribution in [0.1, 0.15) is 15.9 Å². The van der Waals surface area contributed by atoms with Crippen LogP contribution in [0.4, 0.5) is 13.2 Å². The summed E-state index contributed by atoms with van der Waals surface area (Å²) in [7, 11) is 0. The normalized spacial score (nSPS) is 11.0. The average Bonchev–Trinajstić information content (AvgIpc) is 2.90. The second kappa shape index (κ2) is 7.51. The Bertz CT molecular complexity index is 802. The first kappa shape index (κ1) is 18.0. The predicted molar refractivity (Wildman–Crippen MR) is 82.8 cm³/mol. The second-order valence-electron chi connectivity index (χ2n) is 4.19. The summed E-state index contributed by atoms with van der Waals surface area (Å²) in [6.07, 6.45) is 1.46. The number of ether oxygens (including phenoxy) is 1. The first-order valence-corrected chi connectivity index (χ1v) is 7.36. The van der Waals surface area contributed by atoms with Gasteiger partial charge in [-0.1, -0.05) is 12.1 Å². The molecule has 0 aliphatic rings. The fourth-order valence-corrected chi connectivity index (χ4v) is 2.59. The highest BCUT2D eigenvalue weighted by molar-refractivity contribution is 8.00. The van der Waals surface area contributed by atoms with Crippen LogP contribution in [0.15, 0.2) is 40.5 Å². The number of rotatable bonds is 5. The van der Waals surface area contributed by atoms with Crippen LogP contribution in [0.5, 0.6) is 5.88 Å². The summed E-state index contributed by atoms with van der Waals surface area (Å²) in [5.74, 6) is -0.889. The Morgan fingerprint density at radius 2 is 2.21 bits per heavy atom. The van der Waals surface area contributed by atoms with Gasteiger partial charge in [0.15, 0.2) is 0 Å². The van der Waals surface area contributed by atoms with Crippen LogP contribution in [-0.4, -0.2) is 20.6 Å². The van der Waals surface area contributed by atoms with Gasteiger partial charge in [0.2, 0.25) is 11.8 Å². The number of hydrogen-bond donors (Lipinski definition) is 1. The summed E-state index contributed by atoms with van der Waals surface area (Å²) in [5.41, 5.74) is 3.58. The Morgan fingerprint density at radius 3 is 2.79 bits per heavy atom. The summed E-state index contributed by atoms with van der Waals surface area (Å²) >= 11 is 3.52. The monoisotopic (exact) mass is 375 g/mol. The molecule has 0 radical (unpaired) electrons. The van der Waals surface area contributed by atoms with E-state index < -0.39 is 23.2 Å². The van der Waals surface area contributed by atoms with E-state index in [1.165, 1.54) is 30.5 Å². The lowest BCUT2D eigenvalue weighted by Gasteiger charge is -2.14. The van der Waals surface area contributed by atoms with Crippen molar-refractivity contribution in [2.45, 2.75) is 17.0 Å². The number of azide groups is 1. The van der Waals surface area contributed by atoms with E-state index in [1.54, 1.807) is 0 Å². The second-order valence-corrected chi connectivity index (χ2v) is 5.70. The molecule has 1 amide bonds. The molecule has 12 heteroatoms. The number of hydrogen-bond acceptors (Lipinski definition) is 5. The molecule has 0 saturated carbocycles. The molecule has 1 aromatic heterocycles. The number of benzene rings is 1. The maximum Gasteiger partial charge on any atom is 0.446 e. The minimum absolute atomic E-state index is 0.0501. The molecular formula is C12H8F3N5O2S2. The third kappa shape index (κ3) is 4.85. The third-order valence-corrected chi connectivity index (χ3v) is 3.70. The van der Waals surface area contributed by atoms with Crippen LogP contribution in [0, 0.1) is 0 Å². The van der Waals surface area contributed by atoms with Gasteiger partial charge in [0.1, 0.15) is 6.61 Å². The molecule has 2 aromatic rings. The fourth-order valence-electron chi connectivity index (χ4n) is 1.75. The Labute approximate surface area is 143 Å². The smallest absolute Gasteiger partial charge is 0.446 e. The van der Waals surface area contributed by atoms with E-state index in [0.29, 0.717) is 0 Å². The quantitative estimate of drug-likeness (QED) is 0.278. The molecule has 24 heavy (non-hydrogen) atoms. The molecule has 7 nitrogen and oxygen atoms in total. The van der Waals surface area contributed by atoms with Crippen LogP contribution < -0.4 is 4.74 Å². The van der Waals surface area contributed by atoms with Gasteiger partial charge < -0.3 is 4.74 Å². The van der Waals surface area contributed by atoms with Gasteiger partial charge in [-0.05, 0) is 41.3 Å².